The van der Waals surface area contributed by atoms with Crippen LogP contribution in [0.2, 0.25) is 10.0 Å². The van der Waals surface area contributed by atoms with Crippen molar-refractivity contribution in [2.24, 2.45) is 0 Å². The van der Waals surface area contributed by atoms with Gasteiger partial charge in [-0.3, -0.25) is 0 Å². The van der Waals surface area contributed by atoms with Gasteiger partial charge in [0.25, 0.3) is 0 Å². The Morgan fingerprint density at radius 3 is 2.47 bits per heavy atom. The van der Waals surface area contributed by atoms with Gasteiger partial charge in [-0.05, 0) is 18.2 Å². The number of nitrogens with zero attached hydrogens (tertiary/aromatic N) is 1. The fourth-order valence-electron chi connectivity index (χ4n) is 1.11. The van der Waals surface area contributed by atoms with Crippen LogP contribution in [0, 0.1) is 0 Å². The van der Waals surface area contributed by atoms with Gasteiger partial charge in [0, 0.05) is 0 Å². The van der Waals surface area contributed by atoms with Crippen LogP contribution in [0.1, 0.15) is 0 Å². The number of benzene rings is 1. The number of aromatic amines is 1. The molecule has 7 heteroatoms. The van der Waals surface area contributed by atoms with Crippen LogP contribution in [0.4, 0.5) is 0 Å². The molecule has 0 bridgehead atoms. The molecule has 0 saturated carbocycles. The van der Waals surface area contributed by atoms with Gasteiger partial charge in [-0.1, -0.05) is 23.2 Å². The van der Waals surface area contributed by atoms with Crippen molar-refractivity contribution in [3.8, 4) is 5.69 Å². The molecule has 1 aromatic heterocycles. The quantitative estimate of drug-likeness (QED) is 0.828. The van der Waals surface area contributed by atoms with Gasteiger partial charge in [0.05, 0.1) is 15.7 Å². The van der Waals surface area contributed by atoms with Gasteiger partial charge in [-0.25, -0.2) is 9.59 Å². The summed E-state index contributed by atoms with van der Waals surface area (Å²) in [5.74, 6) is -0.807. The molecule has 0 aliphatic carbocycles. The van der Waals surface area contributed by atoms with Crippen LogP contribution in [-0.2, 0) is 0 Å². The molecule has 78 valence electrons. The average molecular weight is 247 g/mol. The van der Waals surface area contributed by atoms with Crippen LogP contribution in [0.15, 0.2) is 32.3 Å². The molecule has 1 N–H and O–H groups in total. The Balaban J connectivity index is 2.70. The largest absolute Gasteiger partial charge is 0.447 e. The summed E-state index contributed by atoms with van der Waals surface area (Å²) in [6.45, 7) is 0. The smallest absolute Gasteiger partial charge is 0.319 e. The fourth-order valence-corrected chi connectivity index (χ4v) is 1.40. The maximum Gasteiger partial charge on any atom is 0.447 e. The molecule has 0 aliphatic heterocycles. The van der Waals surface area contributed by atoms with Crippen molar-refractivity contribution >= 4 is 23.2 Å². The first-order valence-electron chi connectivity index (χ1n) is 3.85. The van der Waals surface area contributed by atoms with Gasteiger partial charge in [0.1, 0.15) is 0 Å². The third-order valence-corrected chi connectivity index (χ3v) is 2.51. The van der Waals surface area contributed by atoms with Gasteiger partial charge < -0.3 is 4.52 Å². The van der Waals surface area contributed by atoms with Crippen molar-refractivity contribution in [2.45, 2.75) is 0 Å². The second-order valence-electron chi connectivity index (χ2n) is 2.71. The Morgan fingerprint density at radius 1 is 1.20 bits per heavy atom. The van der Waals surface area contributed by atoms with E-state index in [0.717, 1.165) is 4.57 Å². The maximum atomic E-state index is 11.2. The maximum absolute atomic E-state index is 11.2. The minimum Gasteiger partial charge on any atom is -0.319 e. The number of rotatable bonds is 1. The summed E-state index contributed by atoms with van der Waals surface area (Å²) in [4.78, 5) is 22.3. The molecule has 0 spiro atoms. The predicted octanol–water partition coefficient (Wildman–Crippen LogP) is 1.43. The molecule has 0 fully saturated rings. The van der Waals surface area contributed by atoms with E-state index < -0.39 is 11.4 Å². The Hall–Kier alpha value is -1.46. The highest BCUT2D eigenvalue weighted by Crippen LogP contribution is 2.23. The highest BCUT2D eigenvalue weighted by atomic mass is 35.5. The Morgan fingerprint density at radius 2 is 1.93 bits per heavy atom. The summed E-state index contributed by atoms with van der Waals surface area (Å²) in [6.07, 6.45) is 0. The second kappa shape index (κ2) is 3.60. The second-order valence-corrected chi connectivity index (χ2v) is 3.52. The number of aromatic nitrogens is 2. The van der Waals surface area contributed by atoms with Crippen molar-refractivity contribution in [1.29, 1.82) is 0 Å². The predicted molar refractivity (Wildman–Crippen MR) is 54.9 cm³/mol. The lowest BCUT2D eigenvalue weighted by Crippen LogP contribution is -2.23. The minimum absolute atomic E-state index is 0.252. The first-order valence-corrected chi connectivity index (χ1v) is 4.61. The number of nitrogens with one attached hydrogen (secondary N) is 1. The Bertz CT molecular complexity index is 583. The Kier molecular flexibility index (Phi) is 2.42. The molecule has 15 heavy (non-hydrogen) atoms. The van der Waals surface area contributed by atoms with E-state index in [9.17, 15) is 9.59 Å². The molecule has 1 heterocycles. The zero-order valence-electron chi connectivity index (χ0n) is 7.16. The molecule has 0 unspecified atom stereocenters. The lowest BCUT2D eigenvalue weighted by Gasteiger charge is -1.99. The van der Waals surface area contributed by atoms with E-state index in [1.54, 1.807) is 0 Å². The van der Waals surface area contributed by atoms with E-state index in [2.05, 4.69) is 4.52 Å². The van der Waals surface area contributed by atoms with Gasteiger partial charge in [0.2, 0.25) is 0 Å². The Labute approximate surface area is 92.8 Å². The van der Waals surface area contributed by atoms with Gasteiger partial charge in [0.15, 0.2) is 0 Å². The third-order valence-electron chi connectivity index (χ3n) is 1.77. The third kappa shape index (κ3) is 1.71. The fraction of sp³-hybridized carbons (Fsp3) is 0. The molecule has 2 rings (SSSR count). The van der Waals surface area contributed by atoms with Crippen molar-refractivity contribution in [1.82, 2.24) is 9.72 Å². The molecule has 1 aromatic carbocycles. The van der Waals surface area contributed by atoms with Gasteiger partial charge in [-0.2, -0.15) is 9.72 Å². The summed E-state index contributed by atoms with van der Waals surface area (Å²) in [5.41, 5.74) is -0.372. The lowest BCUT2D eigenvalue weighted by atomic mass is 10.3. The van der Waals surface area contributed by atoms with E-state index in [0.29, 0.717) is 10.7 Å². The molecule has 0 amide bonds. The zero-order valence-corrected chi connectivity index (χ0v) is 8.67. The standard InChI is InChI=1S/C8H4Cl2N2O3/c9-5-2-1-4(3-6(5)10)12-7(13)11-15-8(12)14/h1-3H,(H,11,13). The number of hydrogen-bond donors (Lipinski definition) is 1. The highest BCUT2D eigenvalue weighted by Gasteiger charge is 2.09. The van der Waals surface area contributed by atoms with Crippen LogP contribution >= 0.6 is 23.2 Å². The molecule has 0 saturated heterocycles. The van der Waals surface area contributed by atoms with Crippen LogP contribution < -0.4 is 11.4 Å². The minimum atomic E-state index is -0.807. The lowest BCUT2D eigenvalue weighted by molar-refractivity contribution is 0.379. The molecule has 0 radical (unpaired) electrons. The number of H-pyrrole nitrogens is 1. The SMILES string of the molecule is O=c1[nH]oc(=O)n1-c1ccc(Cl)c(Cl)c1. The monoisotopic (exact) mass is 246 g/mol. The molecule has 0 atom stereocenters. The van der Waals surface area contributed by atoms with Gasteiger partial charge >= 0.3 is 11.4 Å². The van der Waals surface area contributed by atoms with E-state index in [-0.39, 0.29) is 5.02 Å². The van der Waals surface area contributed by atoms with Crippen molar-refractivity contribution in [3.63, 3.8) is 0 Å². The molecular weight excluding hydrogens is 243 g/mol. The van der Waals surface area contributed by atoms with Crippen molar-refractivity contribution < 1.29 is 4.52 Å². The van der Waals surface area contributed by atoms with Crippen LogP contribution in [-0.4, -0.2) is 9.72 Å². The van der Waals surface area contributed by atoms with E-state index in [1.165, 1.54) is 18.2 Å². The van der Waals surface area contributed by atoms with Crippen LogP contribution in [0.3, 0.4) is 0 Å². The summed E-state index contributed by atoms with van der Waals surface area (Å²) in [5, 5.41) is 2.51. The average Bonchev–Trinajstić information content (AvgIpc) is 2.52. The molecule has 2 aromatic rings. The number of hydrogen-bond acceptors (Lipinski definition) is 3. The van der Waals surface area contributed by atoms with Crippen molar-refractivity contribution in [3.05, 3.63) is 49.3 Å². The summed E-state index contributed by atoms with van der Waals surface area (Å²) in [7, 11) is 0. The van der Waals surface area contributed by atoms with E-state index >= 15 is 0 Å². The molecule has 0 aliphatic rings. The van der Waals surface area contributed by atoms with E-state index in [4.69, 9.17) is 23.2 Å². The summed E-state index contributed by atoms with van der Waals surface area (Å²) in [6, 6.07) is 4.37. The highest BCUT2D eigenvalue weighted by molar-refractivity contribution is 6.42. The van der Waals surface area contributed by atoms with Crippen LogP contribution in [0.25, 0.3) is 5.69 Å². The van der Waals surface area contributed by atoms with Gasteiger partial charge in [-0.15, -0.1) is 0 Å². The number of halogens is 2. The summed E-state index contributed by atoms with van der Waals surface area (Å²) >= 11 is 11.4. The topological polar surface area (TPSA) is 68.0 Å². The zero-order chi connectivity index (χ0) is 11.0. The first kappa shape index (κ1) is 10.1. The summed E-state index contributed by atoms with van der Waals surface area (Å²) < 4.78 is 5.12. The molecule has 5 nitrogen and oxygen atoms in total. The molecular formula is C8H4Cl2N2O3. The van der Waals surface area contributed by atoms with Crippen LogP contribution in [0.5, 0.6) is 0 Å². The van der Waals surface area contributed by atoms with Crippen molar-refractivity contribution in [2.75, 3.05) is 0 Å². The first-order chi connectivity index (χ1) is 7.09. The van der Waals surface area contributed by atoms with E-state index in [1.807, 2.05) is 5.16 Å². The normalized spacial score (nSPS) is 10.5.